The SMILES string of the molecule is FC(F)=COC1(OC=C(F)F)CC(F)(F)C(F)(F)C(F)(F)C1(F)F. The quantitative estimate of drug-likeness (QED) is 0.380. The summed E-state index contributed by atoms with van der Waals surface area (Å²) in [5, 5.41) is 0. The first-order chi connectivity index (χ1) is 10.5. The minimum atomic E-state index is -6.90. The Bertz CT molecular complexity index is 524. The summed E-state index contributed by atoms with van der Waals surface area (Å²) in [4.78, 5) is 0. The van der Waals surface area contributed by atoms with Crippen molar-refractivity contribution in [3.8, 4) is 0 Å². The fourth-order valence-corrected chi connectivity index (χ4v) is 1.72. The lowest BCUT2D eigenvalue weighted by Gasteiger charge is -2.49. The summed E-state index contributed by atoms with van der Waals surface area (Å²) >= 11 is 0. The summed E-state index contributed by atoms with van der Waals surface area (Å²) in [6.45, 7) is 0. The molecule has 1 rings (SSSR count). The van der Waals surface area contributed by atoms with Crippen molar-refractivity contribution in [2.75, 3.05) is 0 Å². The first kappa shape index (κ1) is 20.3. The van der Waals surface area contributed by atoms with Gasteiger partial charge in [-0.25, -0.2) is 0 Å². The van der Waals surface area contributed by atoms with Crippen molar-refractivity contribution in [1.29, 1.82) is 0 Å². The third-order valence-corrected chi connectivity index (χ3v) is 2.86. The van der Waals surface area contributed by atoms with E-state index < -0.39 is 60.6 Å². The maximum absolute atomic E-state index is 13.7. The monoisotopic (exact) mass is 384 g/mol. The first-order valence-electron chi connectivity index (χ1n) is 5.43. The van der Waals surface area contributed by atoms with Crippen LogP contribution in [0.3, 0.4) is 0 Å². The Labute approximate surface area is 124 Å². The number of halogens is 12. The molecule has 0 amide bonds. The van der Waals surface area contributed by atoms with Crippen LogP contribution in [0.2, 0.25) is 0 Å². The molecule has 0 saturated heterocycles. The van der Waals surface area contributed by atoms with Gasteiger partial charge in [-0.2, -0.15) is 52.7 Å². The third-order valence-electron chi connectivity index (χ3n) is 2.86. The summed E-state index contributed by atoms with van der Waals surface area (Å²) in [5.74, 6) is -30.9. The lowest BCUT2D eigenvalue weighted by Crippen LogP contribution is -2.76. The molecule has 0 unspecified atom stereocenters. The number of rotatable bonds is 4. The third kappa shape index (κ3) is 2.75. The molecular formula is C10H4F12O2. The van der Waals surface area contributed by atoms with E-state index >= 15 is 0 Å². The molecule has 0 aromatic heterocycles. The molecule has 0 aromatic carbocycles. The molecule has 0 spiro atoms. The van der Waals surface area contributed by atoms with Gasteiger partial charge in [0.2, 0.25) is 0 Å². The Hall–Kier alpha value is -1.76. The first-order valence-corrected chi connectivity index (χ1v) is 5.43. The van der Waals surface area contributed by atoms with Gasteiger partial charge in [0.1, 0.15) is 6.42 Å². The molecule has 1 aliphatic rings. The van der Waals surface area contributed by atoms with E-state index in [1.807, 2.05) is 0 Å². The van der Waals surface area contributed by atoms with Crippen molar-refractivity contribution in [2.24, 2.45) is 0 Å². The summed E-state index contributed by atoms with van der Waals surface area (Å²) in [6, 6.07) is 0. The number of ether oxygens (including phenoxy) is 2. The van der Waals surface area contributed by atoms with Crippen LogP contribution < -0.4 is 0 Å². The molecule has 140 valence electrons. The Balaban J connectivity index is 3.61. The summed E-state index contributed by atoms with van der Waals surface area (Å²) in [6.07, 6.45) is -11.4. The van der Waals surface area contributed by atoms with Gasteiger partial charge < -0.3 is 9.47 Å². The predicted octanol–water partition coefficient (Wildman–Crippen LogP) is 5.14. The summed E-state index contributed by atoms with van der Waals surface area (Å²) in [5.41, 5.74) is 0. The van der Waals surface area contributed by atoms with Gasteiger partial charge in [0.25, 0.3) is 0 Å². The molecule has 0 aromatic rings. The van der Waals surface area contributed by atoms with Crippen LogP contribution in [0.25, 0.3) is 0 Å². The minimum absolute atomic E-state index is 1.10. The number of hydrogen-bond donors (Lipinski definition) is 0. The van der Waals surface area contributed by atoms with Crippen LogP contribution in [0.5, 0.6) is 0 Å². The Morgan fingerprint density at radius 3 is 1.33 bits per heavy atom. The molecule has 0 radical (unpaired) electrons. The van der Waals surface area contributed by atoms with Crippen LogP contribution in [0, 0.1) is 0 Å². The molecule has 24 heavy (non-hydrogen) atoms. The van der Waals surface area contributed by atoms with Gasteiger partial charge in [-0.1, -0.05) is 0 Å². The highest BCUT2D eigenvalue weighted by Gasteiger charge is 2.92. The van der Waals surface area contributed by atoms with E-state index in [1.54, 1.807) is 0 Å². The van der Waals surface area contributed by atoms with Crippen molar-refractivity contribution >= 4 is 0 Å². The highest BCUT2D eigenvalue weighted by Crippen LogP contribution is 2.64. The Morgan fingerprint density at radius 1 is 0.625 bits per heavy atom. The van der Waals surface area contributed by atoms with Gasteiger partial charge >= 0.3 is 41.6 Å². The van der Waals surface area contributed by atoms with Crippen molar-refractivity contribution < 1.29 is 62.2 Å². The maximum Gasteiger partial charge on any atom is 0.391 e. The highest BCUT2D eigenvalue weighted by atomic mass is 19.4. The fourth-order valence-electron chi connectivity index (χ4n) is 1.72. The van der Waals surface area contributed by atoms with Crippen molar-refractivity contribution in [2.45, 2.75) is 35.9 Å². The fraction of sp³-hybridized carbons (Fsp3) is 0.600. The number of alkyl halides is 8. The van der Waals surface area contributed by atoms with E-state index in [-0.39, 0.29) is 0 Å². The van der Waals surface area contributed by atoms with Gasteiger partial charge in [0.05, 0.1) is 0 Å². The van der Waals surface area contributed by atoms with Gasteiger partial charge in [0, 0.05) is 0 Å². The minimum Gasteiger partial charge on any atom is -0.449 e. The van der Waals surface area contributed by atoms with Crippen LogP contribution >= 0.6 is 0 Å². The van der Waals surface area contributed by atoms with E-state index in [2.05, 4.69) is 9.47 Å². The molecule has 2 nitrogen and oxygen atoms in total. The molecular weight excluding hydrogens is 380 g/mol. The van der Waals surface area contributed by atoms with Gasteiger partial charge in [-0.05, 0) is 0 Å². The van der Waals surface area contributed by atoms with Crippen LogP contribution in [0.1, 0.15) is 6.42 Å². The van der Waals surface area contributed by atoms with E-state index in [9.17, 15) is 52.7 Å². The van der Waals surface area contributed by atoms with Crippen molar-refractivity contribution in [3.05, 3.63) is 24.7 Å². The van der Waals surface area contributed by atoms with Gasteiger partial charge in [0.15, 0.2) is 12.5 Å². The molecule has 1 aliphatic carbocycles. The standard InChI is InChI=1S/C10H4F12O2/c11-4(12)1-23-7(24-2-5(13)14)3-6(15,16)8(17,18)10(21,22)9(7,19)20/h1-2H,3H2. The van der Waals surface area contributed by atoms with Crippen LogP contribution in [0.15, 0.2) is 24.7 Å². The zero-order valence-corrected chi connectivity index (χ0v) is 10.7. The van der Waals surface area contributed by atoms with E-state index in [4.69, 9.17) is 0 Å². The lowest BCUT2D eigenvalue weighted by molar-refractivity contribution is -0.470. The second-order valence-corrected chi connectivity index (χ2v) is 4.41. The molecule has 1 fully saturated rings. The zero-order valence-electron chi connectivity index (χ0n) is 10.7. The van der Waals surface area contributed by atoms with Crippen LogP contribution in [0.4, 0.5) is 52.7 Å². The number of hydrogen-bond acceptors (Lipinski definition) is 2. The van der Waals surface area contributed by atoms with E-state index in [0.717, 1.165) is 0 Å². The van der Waals surface area contributed by atoms with Gasteiger partial charge in [-0.3, -0.25) is 0 Å². The van der Waals surface area contributed by atoms with Crippen molar-refractivity contribution in [3.63, 3.8) is 0 Å². The average Bonchev–Trinajstić information content (AvgIpc) is 2.39. The molecule has 0 bridgehead atoms. The predicted molar refractivity (Wildman–Crippen MR) is 49.9 cm³/mol. The topological polar surface area (TPSA) is 18.5 Å². The van der Waals surface area contributed by atoms with E-state index in [1.165, 1.54) is 0 Å². The average molecular weight is 384 g/mol. The smallest absolute Gasteiger partial charge is 0.391 e. The normalized spacial score (nSPS) is 25.3. The Morgan fingerprint density at radius 2 is 1.00 bits per heavy atom. The van der Waals surface area contributed by atoms with Crippen molar-refractivity contribution in [1.82, 2.24) is 0 Å². The maximum atomic E-state index is 13.7. The molecule has 0 aliphatic heterocycles. The summed E-state index contributed by atoms with van der Waals surface area (Å²) < 4.78 is 160. The van der Waals surface area contributed by atoms with E-state index in [0.29, 0.717) is 0 Å². The molecule has 0 heterocycles. The highest BCUT2D eigenvalue weighted by molar-refractivity contribution is 5.17. The summed E-state index contributed by atoms with van der Waals surface area (Å²) in [7, 11) is 0. The van der Waals surface area contributed by atoms with Gasteiger partial charge in [-0.15, -0.1) is 0 Å². The molecule has 0 atom stereocenters. The second-order valence-electron chi connectivity index (χ2n) is 4.41. The van der Waals surface area contributed by atoms with Crippen LogP contribution in [-0.2, 0) is 9.47 Å². The largest absolute Gasteiger partial charge is 0.449 e. The molecule has 1 saturated carbocycles. The molecule has 14 heteroatoms. The Kier molecular flexibility index (Phi) is 4.78. The zero-order chi connectivity index (χ0) is 19.2. The lowest BCUT2D eigenvalue weighted by atomic mass is 9.80. The van der Waals surface area contributed by atoms with Crippen LogP contribution in [-0.4, -0.2) is 29.5 Å². The molecule has 0 N–H and O–H groups in total. The second kappa shape index (κ2) is 5.65.